The van der Waals surface area contributed by atoms with Crippen LogP contribution in [-0.4, -0.2) is 105 Å². The monoisotopic (exact) mass is 358 g/mol. The Hall–Kier alpha value is -1.11. The van der Waals surface area contributed by atoms with Crippen LogP contribution in [0.1, 0.15) is 6.92 Å². The van der Waals surface area contributed by atoms with E-state index in [4.69, 9.17) is 46.0 Å². The van der Waals surface area contributed by atoms with Crippen LogP contribution in [0.25, 0.3) is 0 Å². The zero-order chi connectivity index (χ0) is 19.8. The van der Waals surface area contributed by atoms with Crippen molar-refractivity contribution in [1.82, 2.24) is 0 Å². The third-order valence-corrected chi connectivity index (χ3v) is 3.05. The summed E-state index contributed by atoms with van der Waals surface area (Å²) in [7, 11) is 0. The second kappa shape index (κ2) is 15.4. The molecule has 0 aromatic rings. The number of rotatable bonds is 9. The van der Waals surface area contributed by atoms with Crippen LogP contribution in [0, 0.1) is 10.8 Å². The molecule has 0 atom stereocenters. The van der Waals surface area contributed by atoms with Crippen LogP contribution in [0.3, 0.4) is 0 Å². The smallest absolute Gasteiger partial charge is 0.330 e. The lowest BCUT2D eigenvalue weighted by Crippen LogP contribution is -2.37. The van der Waals surface area contributed by atoms with Crippen molar-refractivity contribution in [3.63, 3.8) is 0 Å². The molecular formula is C14H30O10. The first kappa shape index (κ1) is 27.7. The SMILES string of the molecule is C=C(C)C(=O)O.OCC(CO)(CO)CO.OCC(CO)(CO)CO. The van der Waals surface area contributed by atoms with Crippen molar-refractivity contribution < 1.29 is 50.8 Å². The van der Waals surface area contributed by atoms with E-state index in [0.717, 1.165) is 0 Å². The third-order valence-electron chi connectivity index (χ3n) is 3.05. The lowest BCUT2D eigenvalue weighted by Gasteiger charge is -2.23. The van der Waals surface area contributed by atoms with Crippen molar-refractivity contribution in [3.05, 3.63) is 12.2 Å². The van der Waals surface area contributed by atoms with E-state index in [0.29, 0.717) is 0 Å². The van der Waals surface area contributed by atoms with Gasteiger partial charge in [-0.1, -0.05) is 6.58 Å². The van der Waals surface area contributed by atoms with Crippen molar-refractivity contribution in [2.75, 3.05) is 52.9 Å². The largest absolute Gasteiger partial charge is 0.478 e. The van der Waals surface area contributed by atoms with Crippen molar-refractivity contribution in [2.24, 2.45) is 10.8 Å². The topological polar surface area (TPSA) is 199 Å². The molecule has 0 heterocycles. The van der Waals surface area contributed by atoms with Gasteiger partial charge < -0.3 is 46.0 Å². The molecule has 0 aromatic heterocycles. The summed E-state index contributed by atoms with van der Waals surface area (Å²) in [5.74, 6) is -0.935. The van der Waals surface area contributed by atoms with Gasteiger partial charge in [-0.05, 0) is 6.92 Å². The molecule has 0 radical (unpaired) electrons. The van der Waals surface area contributed by atoms with Crippen LogP contribution >= 0.6 is 0 Å². The van der Waals surface area contributed by atoms with Gasteiger partial charge in [0.25, 0.3) is 0 Å². The Balaban J connectivity index is -0.000000282. The van der Waals surface area contributed by atoms with Crippen molar-refractivity contribution in [1.29, 1.82) is 0 Å². The highest BCUT2D eigenvalue weighted by Gasteiger charge is 2.27. The summed E-state index contributed by atoms with van der Waals surface area (Å²) in [5.41, 5.74) is -2.05. The standard InChI is InChI=1S/2C5H12O4.C4H6O2/c2*6-1-5(2-7,3-8)4-9;1-3(2)4(5)6/h2*6-9H,1-4H2;1H2,2H3,(H,5,6). The average Bonchev–Trinajstić information content (AvgIpc) is 2.61. The van der Waals surface area contributed by atoms with Gasteiger partial charge in [0.2, 0.25) is 0 Å². The molecule has 9 N–H and O–H groups in total. The number of carboxylic acid groups (broad SMARTS) is 1. The summed E-state index contributed by atoms with van der Waals surface area (Å²) in [4.78, 5) is 9.60. The molecule has 10 nitrogen and oxygen atoms in total. The summed E-state index contributed by atoms with van der Waals surface area (Å²) >= 11 is 0. The fourth-order valence-electron chi connectivity index (χ4n) is 0.600. The van der Waals surface area contributed by atoms with Gasteiger partial charge in [0.1, 0.15) is 0 Å². The van der Waals surface area contributed by atoms with Gasteiger partial charge in [-0.3, -0.25) is 0 Å². The average molecular weight is 358 g/mol. The van der Waals surface area contributed by atoms with Gasteiger partial charge in [0.15, 0.2) is 0 Å². The summed E-state index contributed by atoms with van der Waals surface area (Å²) in [6, 6.07) is 0. The van der Waals surface area contributed by atoms with Crippen molar-refractivity contribution >= 4 is 5.97 Å². The van der Waals surface area contributed by atoms with Crippen LogP contribution in [0.2, 0.25) is 0 Å². The molecule has 0 amide bonds. The van der Waals surface area contributed by atoms with E-state index >= 15 is 0 Å². The van der Waals surface area contributed by atoms with Crippen molar-refractivity contribution in [3.8, 4) is 0 Å². The molecule has 0 aliphatic heterocycles. The first-order chi connectivity index (χ1) is 11.1. The van der Waals surface area contributed by atoms with Gasteiger partial charge in [0, 0.05) is 5.57 Å². The predicted molar refractivity (Wildman–Crippen MR) is 84.0 cm³/mol. The molecule has 10 heteroatoms. The minimum atomic E-state index is -1.11. The maximum absolute atomic E-state index is 9.60. The van der Waals surface area contributed by atoms with E-state index in [1.165, 1.54) is 6.92 Å². The molecule has 0 saturated heterocycles. The Morgan fingerprint density at radius 1 is 0.667 bits per heavy atom. The van der Waals surface area contributed by atoms with E-state index < -0.39 is 69.7 Å². The zero-order valence-corrected chi connectivity index (χ0v) is 13.8. The van der Waals surface area contributed by atoms with E-state index in [2.05, 4.69) is 6.58 Å². The first-order valence-corrected chi connectivity index (χ1v) is 6.89. The minimum Gasteiger partial charge on any atom is -0.478 e. The maximum Gasteiger partial charge on any atom is 0.330 e. The van der Waals surface area contributed by atoms with Gasteiger partial charge in [-0.2, -0.15) is 0 Å². The number of carbonyl (C=O) groups is 1. The highest BCUT2D eigenvalue weighted by molar-refractivity contribution is 5.84. The summed E-state index contributed by atoms with van der Waals surface area (Å²) in [5, 5.41) is 75.9. The molecule has 0 saturated carbocycles. The molecule has 0 bridgehead atoms. The molecule has 0 unspecified atom stereocenters. The van der Waals surface area contributed by atoms with Gasteiger partial charge in [-0.25, -0.2) is 4.79 Å². The van der Waals surface area contributed by atoms with Crippen LogP contribution in [0.15, 0.2) is 12.2 Å². The summed E-state index contributed by atoms with van der Waals surface area (Å²) in [6.07, 6.45) is 0. The quantitative estimate of drug-likeness (QED) is 0.186. The van der Waals surface area contributed by atoms with Gasteiger partial charge in [-0.15, -0.1) is 0 Å². The Morgan fingerprint density at radius 3 is 0.792 bits per heavy atom. The molecule has 0 fully saturated rings. The Labute approximate surface area is 140 Å². The van der Waals surface area contributed by atoms with E-state index in [-0.39, 0.29) is 5.57 Å². The fraction of sp³-hybridized carbons (Fsp3) is 0.786. The van der Waals surface area contributed by atoms with Crippen LogP contribution < -0.4 is 0 Å². The number of carboxylic acids is 1. The van der Waals surface area contributed by atoms with Gasteiger partial charge in [0.05, 0.1) is 63.7 Å². The highest BCUT2D eigenvalue weighted by Crippen LogP contribution is 2.12. The van der Waals surface area contributed by atoms with Crippen LogP contribution in [-0.2, 0) is 4.79 Å². The highest BCUT2D eigenvalue weighted by atomic mass is 16.4. The first-order valence-electron chi connectivity index (χ1n) is 6.89. The molecule has 0 spiro atoms. The number of aliphatic hydroxyl groups excluding tert-OH is 8. The van der Waals surface area contributed by atoms with Crippen LogP contribution in [0.5, 0.6) is 0 Å². The minimum absolute atomic E-state index is 0.176. The maximum atomic E-state index is 9.60. The number of aliphatic hydroxyl groups is 8. The Kier molecular flexibility index (Phi) is 17.8. The summed E-state index contributed by atoms with van der Waals surface area (Å²) in [6.45, 7) is 1.35. The van der Waals surface area contributed by atoms with E-state index in [1.54, 1.807) is 0 Å². The van der Waals surface area contributed by atoms with E-state index in [1.807, 2.05) is 0 Å². The lowest BCUT2D eigenvalue weighted by atomic mass is 9.93. The van der Waals surface area contributed by atoms with E-state index in [9.17, 15) is 4.79 Å². The third kappa shape index (κ3) is 11.4. The zero-order valence-electron chi connectivity index (χ0n) is 13.8. The second-order valence-electron chi connectivity index (χ2n) is 5.35. The predicted octanol–water partition coefficient (Wildman–Crippen LogP) is -3.47. The second-order valence-corrected chi connectivity index (χ2v) is 5.35. The molecule has 0 aliphatic carbocycles. The molecular weight excluding hydrogens is 328 g/mol. The Morgan fingerprint density at radius 2 is 0.792 bits per heavy atom. The van der Waals surface area contributed by atoms with Gasteiger partial charge >= 0.3 is 5.97 Å². The van der Waals surface area contributed by atoms with Crippen LogP contribution in [0.4, 0.5) is 0 Å². The summed E-state index contributed by atoms with van der Waals surface area (Å²) < 4.78 is 0. The fourth-order valence-corrected chi connectivity index (χ4v) is 0.600. The lowest BCUT2D eigenvalue weighted by molar-refractivity contribution is -0.132. The molecule has 0 rings (SSSR count). The molecule has 0 aromatic carbocycles. The molecule has 24 heavy (non-hydrogen) atoms. The Bertz CT molecular complexity index is 256. The van der Waals surface area contributed by atoms with Crippen molar-refractivity contribution in [2.45, 2.75) is 6.92 Å². The molecule has 146 valence electrons. The number of hydrogen-bond donors (Lipinski definition) is 9. The number of hydrogen-bond acceptors (Lipinski definition) is 9. The normalized spacial score (nSPS) is 10.9. The number of aliphatic carboxylic acids is 1. The molecule has 0 aliphatic rings.